The molecule has 0 aliphatic rings. The van der Waals surface area contributed by atoms with Crippen molar-refractivity contribution in [1.29, 1.82) is 0 Å². The summed E-state index contributed by atoms with van der Waals surface area (Å²) in [7, 11) is -2.71. The van der Waals surface area contributed by atoms with Gasteiger partial charge in [-0.15, -0.1) is 0 Å². The van der Waals surface area contributed by atoms with Crippen molar-refractivity contribution in [1.82, 2.24) is 0 Å². The van der Waals surface area contributed by atoms with E-state index in [1.54, 1.807) is 0 Å². The Labute approximate surface area is 301 Å². The molecule has 0 unspecified atom stereocenters. The molecule has 0 aromatic heterocycles. The number of hydrogen-bond donors (Lipinski definition) is 1. The zero-order valence-corrected chi connectivity index (χ0v) is 35.8. The lowest BCUT2D eigenvalue weighted by molar-refractivity contribution is 0.301. The molecule has 1 nitrogen and oxygen atoms in total. The SMILES string of the molecule is CCCCCCCCCCCCC(C)(C)[Si](O)(C(C)(C)CCCCCCCCCCCC)C(C)(C)CCCCCCCCCCCC. The molecular weight excluding hydrogens is 585 g/mol. The molecule has 0 saturated heterocycles. The maximum absolute atomic E-state index is 13.4. The van der Waals surface area contributed by atoms with Crippen molar-refractivity contribution >= 4 is 8.32 Å². The fourth-order valence-electron chi connectivity index (χ4n) is 9.45. The van der Waals surface area contributed by atoms with Crippen molar-refractivity contribution in [3.8, 4) is 0 Å². The van der Waals surface area contributed by atoms with Crippen molar-refractivity contribution < 1.29 is 4.80 Å². The van der Waals surface area contributed by atoms with Crippen LogP contribution in [-0.4, -0.2) is 13.1 Å². The Morgan fingerprint density at radius 2 is 0.426 bits per heavy atom. The lowest BCUT2D eigenvalue weighted by atomic mass is 9.99. The summed E-state index contributed by atoms with van der Waals surface area (Å²) in [5.41, 5.74) is 0. The van der Waals surface area contributed by atoms with E-state index in [4.69, 9.17) is 0 Å². The molecule has 0 fully saturated rings. The molecule has 0 amide bonds. The molecule has 0 aliphatic carbocycles. The van der Waals surface area contributed by atoms with Gasteiger partial charge in [0.1, 0.15) is 0 Å². The zero-order chi connectivity index (χ0) is 35.3. The van der Waals surface area contributed by atoms with Crippen LogP contribution in [0.1, 0.15) is 274 Å². The first-order valence-electron chi connectivity index (χ1n) is 22.2. The molecular formula is C45H94OSi. The summed E-state index contributed by atoms with van der Waals surface area (Å²) >= 11 is 0. The first-order valence-corrected chi connectivity index (χ1v) is 24.1. The number of unbranched alkanes of at least 4 members (excludes halogenated alkanes) is 27. The van der Waals surface area contributed by atoms with Gasteiger partial charge in [0, 0.05) is 0 Å². The lowest BCUT2D eigenvalue weighted by Gasteiger charge is -2.58. The highest BCUT2D eigenvalue weighted by Crippen LogP contribution is 2.65. The van der Waals surface area contributed by atoms with Crippen LogP contribution < -0.4 is 0 Å². The van der Waals surface area contributed by atoms with Crippen LogP contribution in [0.25, 0.3) is 0 Å². The van der Waals surface area contributed by atoms with Crippen LogP contribution in [-0.2, 0) is 0 Å². The van der Waals surface area contributed by atoms with E-state index in [-0.39, 0.29) is 15.1 Å². The quantitative estimate of drug-likeness (QED) is 0.0516. The molecule has 47 heavy (non-hydrogen) atoms. The average Bonchev–Trinajstić information content (AvgIpc) is 3.03. The number of hydrogen-bond acceptors (Lipinski definition) is 1. The van der Waals surface area contributed by atoms with E-state index in [0.29, 0.717) is 0 Å². The second kappa shape index (κ2) is 28.8. The van der Waals surface area contributed by atoms with E-state index in [1.165, 1.54) is 212 Å². The largest absolute Gasteiger partial charge is 0.430 e. The van der Waals surface area contributed by atoms with Crippen LogP contribution in [0.15, 0.2) is 0 Å². The third-order valence-corrected chi connectivity index (χ3v) is 19.0. The van der Waals surface area contributed by atoms with Crippen LogP contribution in [0, 0.1) is 0 Å². The summed E-state index contributed by atoms with van der Waals surface area (Å²) in [4.78, 5) is 13.4. The fraction of sp³-hybridized carbons (Fsp3) is 1.00. The first kappa shape index (κ1) is 47.2. The van der Waals surface area contributed by atoms with Gasteiger partial charge in [0.25, 0.3) is 0 Å². The summed E-state index contributed by atoms with van der Waals surface area (Å²) in [6, 6.07) is 0. The van der Waals surface area contributed by atoms with Gasteiger partial charge in [-0.2, -0.15) is 0 Å². The summed E-state index contributed by atoms with van der Waals surface area (Å²) in [5, 5.41) is 0.116. The van der Waals surface area contributed by atoms with E-state index in [2.05, 4.69) is 62.3 Å². The van der Waals surface area contributed by atoms with E-state index in [0.717, 1.165) is 0 Å². The predicted molar refractivity (Wildman–Crippen MR) is 219 cm³/mol. The van der Waals surface area contributed by atoms with Crippen LogP contribution in [0.3, 0.4) is 0 Å². The van der Waals surface area contributed by atoms with Crippen molar-refractivity contribution in [2.75, 3.05) is 0 Å². The highest BCUT2D eigenvalue weighted by atomic mass is 28.4. The minimum atomic E-state index is -2.71. The van der Waals surface area contributed by atoms with Crippen molar-refractivity contribution in [3.63, 3.8) is 0 Å². The van der Waals surface area contributed by atoms with Crippen molar-refractivity contribution in [2.24, 2.45) is 0 Å². The molecule has 1 N–H and O–H groups in total. The Balaban J connectivity index is 5.11. The maximum atomic E-state index is 13.4. The van der Waals surface area contributed by atoms with Crippen LogP contribution in [0.4, 0.5) is 0 Å². The normalized spacial score (nSPS) is 13.1. The molecule has 0 spiro atoms. The molecule has 0 atom stereocenters. The van der Waals surface area contributed by atoms with Gasteiger partial charge in [0.05, 0.1) is 0 Å². The highest BCUT2D eigenvalue weighted by molar-refractivity contribution is 6.81. The monoisotopic (exact) mass is 679 g/mol. The van der Waals surface area contributed by atoms with Crippen LogP contribution in [0.5, 0.6) is 0 Å². The van der Waals surface area contributed by atoms with Gasteiger partial charge in [-0.05, 0) is 34.4 Å². The van der Waals surface area contributed by atoms with Gasteiger partial charge >= 0.3 is 0 Å². The fourth-order valence-corrected chi connectivity index (χ4v) is 16.6. The number of rotatable bonds is 36. The van der Waals surface area contributed by atoms with Gasteiger partial charge in [0.15, 0.2) is 0 Å². The smallest absolute Gasteiger partial charge is 0.205 e. The Bertz CT molecular complexity index is 577. The van der Waals surface area contributed by atoms with E-state index in [1.807, 2.05) is 0 Å². The van der Waals surface area contributed by atoms with Gasteiger partial charge in [-0.3, -0.25) is 0 Å². The molecule has 0 bridgehead atoms. The van der Waals surface area contributed by atoms with Crippen molar-refractivity contribution in [3.05, 3.63) is 0 Å². The van der Waals surface area contributed by atoms with E-state index < -0.39 is 8.32 Å². The molecule has 0 aromatic rings. The second-order valence-electron chi connectivity index (χ2n) is 18.2. The molecule has 0 aliphatic heterocycles. The Kier molecular flexibility index (Phi) is 28.9. The summed E-state index contributed by atoms with van der Waals surface area (Å²) in [5.74, 6) is 0. The van der Waals surface area contributed by atoms with Crippen LogP contribution >= 0.6 is 0 Å². The first-order chi connectivity index (χ1) is 22.4. The lowest BCUT2D eigenvalue weighted by Crippen LogP contribution is -2.61. The molecule has 0 heterocycles. The van der Waals surface area contributed by atoms with E-state index >= 15 is 0 Å². The minimum absolute atomic E-state index is 0.0388. The average molecular weight is 679 g/mol. The molecule has 2 heteroatoms. The van der Waals surface area contributed by atoms with Gasteiger partial charge in [0.2, 0.25) is 8.32 Å². The summed E-state index contributed by atoms with van der Waals surface area (Å²) < 4.78 is 0. The van der Waals surface area contributed by atoms with E-state index in [9.17, 15) is 4.80 Å². The maximum Gasteiger partial charge on any atom is 0.205 e. The Morgan fingerprint density at radius 1 is 0.277 bits per heavy atom. The molecule has 0 radical (unpaired) electrons. The zero-order valence-electron chi connectivity index (χ0n) is 34.8. The van der Waals surface area contributed by atoms with Gasteiger partial charge < -0.3 is 4.80 Å². The van der Waals surface area contributed by atoms with Crippen molar-refractivity contribution in [2.45, 2.75) is 289 Å². The standard InChI is InChI=1S/C45H94OSi/c1-10-13-16-19-22-25-28-31-34-37-40-43(4,5)47(46,44(6,7)41-38-35-32-29-26-23-20-17-14-11-2)45(8,9)42-39-36-33-30-27-24-21-18-15-12-3/h46H,10-42H2,1-9H3. The highest BCUT2D eigenvalue weighted by Gasteiger charge is 2.63. The third-order valence-electron chi connectivity index (χ3n) is 12.4. The topological polar surface area (TPSA) is 20.2 Å². The molecule has 0 saturated carbocycles. The predicted octanol–water partition coefficient (Wildman–Crippen LogP) is 17.2. The minimum Gasteiger partial charge on any atom is -0.430 e. The van der Waals surface area contributed by atoms with Crippen LogP contribution in [0.2, 0.25) is 15.1 Å². The summed E-state index contributed by atoms with van der Waals surface area (Å²) in [6.07, 6.45) is 45.3. The van der Waals surface area contributed by atoms with Gasteiger partial charge in [-0.1, -0.05) is 255 Å². The molecule has 0 aromatic carbocycles. The second-order valence-corrected chi connectivity index (χ2v) is 23.6. The Hall–Kier alpha value is 0.177. The Morgan fingerprint density at radius 3 is 0.596 bits per heavy atom. The molecule has 0 rings (SSSR count). The van der Waals surface area contributed by atoms with Gasteiger partial charge in [-0.25, -0.2) is 0 Å². The summed E-state index contributed by atoms with van der Waals surface area (Å²) in [6.45, 7) is 21.9. The molecule has 284 valence electrons. The third kappa shape index (κ3) is 20.6.